The van der Waals surface area contributed by atoms with Crippen LogP contribution in [0.2, 0.25) is 0 Å². The number of tetrazole rings is 1. The summed E-state index contributed by atoms with van der Waals surface area (Å²) in [5, 5.41) is 19.7. The van der Waals surface area contributed by atoms with Crippen LogP contribution in [0.4, 0.5) is 0 Å². The third-order valence-corrected chi connectivity index (χ3v) is 2.82. The molecular weight excluding hydrogens is 210 g/mol. The van der Waals surface area contributed by atoms with Crippen LogP contribution in [0.5, 0.6) is 0 Å². The fourth-order valence-electron chi connectivity index (χ4n) is 1.93. The molecule has 2 rings (SSSR count). The van der Waals surface area contributed by atoms with Crippen LogP contribution in [0.1, 0.15) is 12.8 Å². The van der Waals surface area contributed by atoms with Crippen molar-refractivity contribution in [2.45, 2.75) is 19.4 Å². The van der Waals surface area contributed by atoms with Crippen LogP contribution in [0.25, 0.3) is 0 Å². The zero-order valence-corrected chi connectivity index (χ0v) is 8.99. The minimum absolute atomic E-state index is 0.00505. The van der Waals surface area contributed by atoms with E-state index in [0.29, 0.717) is 6.54 Å². The van der Waals surface area contributed by atoms with Gasteiger partial charge in [0.1, 0.15) is 12.9 Å². The number of likely N-dealkylation sites (tertiary alicyclic amines) is 1. The molecule has 2 heterocycles. The highest BCUT2D eigenvalue weighted by molar-refractivity contribution is 5.75. The van der Waals surface area contributed by atoms with Crippen LogP contribution >= 0.6 is 0 Å². The Morgan fingerprint density at radius 2 is 2.44 bits per heavy atom. The SMILES string of the molecule is O=C(Cn1cnnn1)N1CCCC(CO)C1. The fraction of sp³-hybridized carbons (Fsp3) is 0.778. The van der Waals surface area contributed by atoms with Gasteiger partial charge < -0.3 is 10.0 Å². The highest BCUT2D eigenvalue weighted by Crippen LogP contribution is 2.15. The van der Waals surface area contributed by atoms with E-state index in [1.165, 1.54) is 11.0 Å². The van der Waals surface area contributed by atoms with Gasteiger partial charge in [-0.2, -0.15) is 0 Å². The molecule has 1 saturated heterocycles. The summed E-state index contributed by atoms with van der Waals surface area (Å²) in [6, 6.07) is 0. The van der Waals surface area contributed by atoms with Crippen LogP contribution in [-0.2, 0) is 11.3 Å². The summed E-state index contributed by atoms with van der Waals surface area (Å²) in [7, 11) is 0. The molecule has 0 radical (unpaired) electrons. The number of aliphatic hydroxyl groups is 1. The van der Waals surface area contributed by atoms with E-state index in [4.69, 9.17) is 5.11 Å². The Kier molecular flexibility index (Phi) is 3.45. The molecule has 0 saturated carbocycles. The van der Waals surface area contributed by atoms with Gasteiger partial charge in [-0.3, -0.25) is 4.79 Å². The first kappa shape index (κ1) is 11.0. The van der Waals surface area contributed by atoms with E-state index in [1.54, 1.807) is 4.90 Å². The topological polar surface area (TPSA) is 84.1 Å². The molecule has 1 unspecified atom stereocenters. The summed E-state index contributed by atoms with van der Waals surface area (Å²) in [4.78, 5) is 13.6. The first-order chi connectivity index (χ1) is 7.79. The van der Waals surface area contributed by atoms with E-state index < -0.39 is 0 Å². The van der Waals surface area contributed by atoms with Crippen molar-refractivity contribution < 1.29 is 9.90 Å². The van der Waals surface area contributed by atoms with E-state index in [0.717, 1.165) is 19.4 Å². The second-order valence-corrected chi connectivity index (χ2v) is 4.04. The van der Waals surface area contributed by atoms with Gasteiger partial charge in [0.05, 0.1) is 0 Å². The average molecular weight is 225 g/mol. The fourth-order valence-corrected chi connectivity index (χ4v) is 1.93. The largest absolute Gasteiger partial charge is 0.396 e. The molecule has 16 heavy (non-hydrogen) atoms. The Morgan fingerprint density at radius 3 is 3.12 bits per heavy atom. The van der Waals surface area contributed by atoms with Gasteiger partial charge in [0, 0.05) is 19.7 Å². The molecule has 1 aliphatic rings. The van der Waals surface area contributed by atoms with Crippen LogP contribution < -0.4 is 0 Å². The maximum atomic E-state index is 11.9. The lowest BCUT2D eigenvalue weighted by Gasteiger charge is -2.31. The van der Waals surface area contributed by atoms with E-state index in [9.17, 15) is 4.79 Å². The van der Waals surface area contributed by atoms with Crippen molar-refractivity contribution >= 4 is 5.91 Å². The van der Waals surface area contributed by atoms with Gasteiger partial charge in [-0.05, 0) is 29.2 Å². The predicted octanol–water partition coefficient (Wildman–Crippen LogP) is -1.10. The zero-order valence-electron chi connectivity index (χ0n) is 8.99. The summed E-state index contributed by atoms with van der Waals surface area (Å²) < 4.78 is 1.41. The number of hydrogen-bond donors (Lipinski definition) is 1. The highest BCUT2D eigenvalue weighted by Gasteiger charge is 2.23. The third-order valence-electron chi connectivity index (χ3n) is 2.82. The van der Waals surface area contributed by atoms with Gasteiger partial charge in [-0.25, -0.2) is 4.68 Å². The summed E-state index contributed by atoms with van der Waals surface area (Å²) >= 11 is 0. The van der Waals surface area contributed by atoms with Crippen LogP contribution in [0.15, 0.2) is 6.33 Å². The third kappa shape index (κ3) is 2.54. The minimum Gasteiger partial charge on any atom is -0.396 e. The van der Waals surface area contributed by atoms with Crippen molar-refractivity contribution in [1.82, 2.24) is 25.1 Å². The van der Waals surface area contributed by atoms with E-state index in [-0.39, 0.29) is 25.0 Å². The Labute approximate surface area is 93.0 Å². The molecule has 7 nitrogen and oxygen atoms in total. The van der Waals surface area contributed by atoms with Crippen molar-refractivity contribution in [3.05, 3.63) is 6.33 Å². The minimum atomic E-state index is 0.00505. The van der Waals surface area contributed by atoms with Gasteiger partial charge in [0.2, 0.25) is 5.91 Å². The Balaban J connectivity index is 1.89. The van der Waals surface area contributed by atoms with Crippen molar-refractivity contribution in [2.24, 2.45) is 5.92 Å². The molecule has 1 N–H and O–H groups in total. The number of piperidine rings is 1. The lowest BCUT2D eigenvalue weighted by Crippen LogP contribution is -2.42. The number of nitrogens with zero attached hydrogens (tertiary/aromatic N) is 5. The number of aromatic nitrogens is 4. The smallest absolute Gasteiger partial charge is 0.244 e. The van der Waals surface area contributed by atoms with Gasteiger partial charge in [0.15, 0.2) is 0 Å². The summed E-state index contributed by atoms with van der Waals surface area (Å²) in [6.07, 6.45) is 3.36. The normalized spacial score (nSPS) is 21.1. The molecule has 7 heteroatoms. The summed E-state index contributed by atoms with van der Waals surface area (Å²) in [5.74, 6) is 0.219. The number of carbonyl (C=O) groups is 1. The highest BCUT2D eigenvalue weighted by atomic mass is 16.3. The summed E-state index contributed by atoms with van der Waals surface area (Å²) in [6.45, 7) is 1.72. The zero-order chi connectivity index (χ0) is 11.4. The number of rotatable bonds is 3. The van der Waals surface area contributed by atoms with Gasteiger partial charge in [-0.15, -0.1) is 5.10 Å². The monoisotopic (exact) mass is 225 g/mol. The standard InChI is InChI=1S/C9H15N5O2/c15-6-8-2-1-3-13(4-8)9(16)5-14-7-10-11-12-14/h7-8,15H,1-6H2. The van der Waals surface area contributed by atoms with Gasteiger partial charge in [-0.1, -0.05) is 0 Å². The molecule has 0 aliphatic carbocycles. The molecule has 88 valence electrons. The van der Waals surface area contributed by atoms with E-state index in [2.05, 4.69) is 15.5 Å². The molecule has 1 atom stereocenters. The molecular formula is C9H15N5O2. The number of amides is 1. The number of aliphatic hydroxyl groups excluding tert-OH is 1. The van der Waals surface area contributed by atoms with Crippen LogP contribution in [0, 0.1) is 5.92 Å². The molecule has 1 fully saturated rings. The molecule has 1 aromatic heterocycles. The second kappa shape index (κ2) is 5.02. The number of carbonyl (C=O) groups excluding carboxylic acids is 1. The summed E-state index contributed by atoms with van der Waals surface area (Å²) in [5.41, 5.74) is 0. The average Bonchev–Trinajstić information content (AvgIpc) is 2.82. The van der Waals surface area contributed by atoms with Crippen molar-refractivity contribution in [1.29, 1.82) is 0 Å². The number of hydrogen-bond acceptors (Lipinski definition) is 5. The van der Waals surface area contributed by atoms with Crippen molar-refractivity contribution in [3.8, 4) is 0 Å². The first-order valence-corrected chi connectivity index (χ1v) is 5.39. The molecule has 0 bridgehead atoms. The molecule has 0 aromatic carbocycles. The maximum absolute atomic E-state index is 11.9. The van der Waals surface area contributed by atoms with Gasteiger partial charge >= 0.3 is 0 Å². The second-order valence-electron chi connectivity index (χ2n) is 4.04. The van der Waals surface area contributed by atoms with Crippen LogP contribution in [-0.4, -0.2) is 55.8 Å². The molecule has 1 aromatic rings. The van der Waals surface area contributed by atoms with Gasteiger partial charge in [0.25, 0.3) is 0 Å². The predicted molar refractivity (Wildman–Crippen MR) is 54.2 cm³/mol. The maximum Gasteiger partial charge on any atom is 0.244 e. The molecule has 1 amide bonds. The first-order valence-electron chi connectivity index (χ1n) is 5.39. The Morgan fingerprint density at radius 1 is 1.56 bits per heavy atom. The van der Waals surface area contributed by atoms with Crippen LogP contribution in [0.3, 0.4) is 0 Å². The quantitative estimate of drug-likeness (QED) is 0.706. The molecule has 1 aliphatic heterocycles. The lowest BCUT2D eigenvalue weighted by atomic mass is 9.99. The lowest BCUT2D eigenvalue weighted by molar-refractivity contribution is -0.134. The Bertz CT molecular complexity index is 340. The Hall–Kier alpha value is -1.50. The van der Waals surface area contributed by atoms with E-state index in [1.807, 2.05) is 0 Å². The molecule has 0 spiro atoms. The van der Waals surface area contributed by atoms with Crippen molar-refractivity contribution in [3.63, 3.8) is 0 Å². The van der Waals surface area contributed by atoms with E-state index >= 15 is 0 Å². The van der Waals surface area contributed by atoms with Crippen molar-refractivity contribution in [2.75, 3.05) is 19.7 Å².